The first-order valence-electron chi connectivity index (χ1n) is 5.62. The SMILES string of the molecule is O=C(O)c1ccccc1O.O=C(O)c1ccccc1OO. The molecular weight excluding hydrogens is 280 g/mol. The molecule has 7 nitrogen and oxygen atoms in total. The lowest BCUT2D eigenvalue weighted by molar-refractivity contribution is -0.138. The Labute approximate surface area is 119 Å². The average Bonchev–Trinajstić information content (AvgIpc) is 2.48. The summed E-state index contributed by atoms with van der Waals surface area (Å²) in [5.74, 6) is -2.50. The van der Waals surface area contributed by atoms with E-state index in [0.29, 0.717) is 0 Å². The van der Waals surface area contributed by atoms with Gasteiger partial charge in [-0.3, -0.25) is 0 Å². The van der Waals surface area contributed by atoms with Gasteiger partial charge in [0, 0.05) is 0 Å². The third-order valence-corrected chi connectivity index (χ3v) is 2.35. The van der Waals surface area contributed by atoms with Crippen LogP contribution in [0.1, 0.15) is 20.7 Å². The molecule has 0 aromatic heterocycles. The van der Waals surface area contributed by atoms with Gasteiger partial charge in [0.25, 0.3) is 0 Å². The van der Waals surface area contributed by atoms with E-state index in [1.54, 1.807) is 24.3 Å². The highest BCUT2D eigenvalue weighted by molar-refractivity contribution is 5.91. The molecule has 7 heteroatoms. The first-order chi connectivity index (χ1) is 9.97. The lowest BCUT2D eigenvalue weighted by Crippen LogP contribution is -1.99. The number of hydrogen-bond acceptors (Lipinski definition) is 5. The molecule has 0 bridgehead atoms. The molecule has 0 aliphatic rings. The van der Waals surface area contributed by atoms with Crippen LogP contribution in [0.5, 0.6) is 11.5 Å². The van der Waals surface area contributed by atoms with Gasteiger partial charge in [-0.05, 0) is 24.3 Å². The highest BCUT2D eigenvalue weighted by Gasteiger charge is 2.09. The summed E-state index contributed by atoms with van der Waals surface area (Å²) in [6.45, 7) is 0. The predicted octanol–water partition coefficient (Wildman–Crippen LogP) is 2.33. The monoisotopic (exact) mass is 292 g/mol. The number of para-hydroxylation sites is 2. The lowest BCUT2D eigenvalue weighted by atomic mass is 10.2. The van der Waals surface area contributed by atoms with Crippen molar-refractivity contribution in [2.45, 2.75) is 0 Å². The summed E-state index contributed by atoms with van der Waals surface area (Å²) in [6, 6.07) is 11.6. The van der Waals surface area contributed by atoms with E-state index in [1.165, 1.54) is 24.3 Å². The van der Waals surface area contributed by atoms with Crippen LogP contribution in [-0.2, 0) is 0 Å². The number of rotatable bonds is 3. The molecule has 0 unspecified atom stereocenters. The molecule has 2 aromatic carbocycles. The third-order valence-electron chi connectivity index (χ3n) is 2.35. The number of carboxylic acids is 2. The topological polar surface area (TPSA) is 124 Å². The normalized spacial score (nSPS) is 9.19. The van der Waals surface area contributed by atoms with E-state index in [4.69, 9.17) is 20.6 Å². The maximum Gasteiger partial charge on any atom is 0.339 e. The molecule has 0 atom stereocenters. The van der Waals surface area contributed by atoms with Crippen LogP contribution in [0.2, 0.25) is 0 Å². The van der Waals surface area contributed by atoms with Crippen molar-refractivity contribution in [2.75, 3.05) is 0 Å². The number of aromatic carboxylic acids is 2. The number of carbonyl (C=O) groups is 2. The van der Waals surface area contributed by atoms with Crippen molar-refractivity contribution in [3.63, 3.8) is 0 Å². The van der Waals surface area contributed by atoms with Crippen molar-refractivity contribution < 1.29 is 35.1 Å². The van der Waals surface area contributed by atoms with Crippen LogP contribution in [0.15, 0.2) is 48.5 Å². The van der Waals surface area contributed by atoms with Gasteiger partial charge in [0.05, 0.1) is 0 Å². The Morgan fingerprint density at radius 2 is 1.29 bits per heavy atom. The van der Waals surface area contributed by atoms with Crippen LogP contribution >= 0.6 is 0 Å². The van der Waals surface area contributed by atoms with Gasteiger partial charge in [-0.1, -0.05) is 24.3 Å². The van der Waals surface area contributed by atoms with Crippen LogP contribution in [-0.4, -0.2) is 32.5 Å². The number of benzene rings is 2. The summed E-state index contributed by atoms with van der Waals surface area (Å²) >= 11 is 0. The molecule has 0 radical (unpaired) electrons. The Balaban J connectivity index is 0.000000211. The molecule has 0 fully saturated rings. The van der Waals surface area contributed by atoms with Gasteiger partial charge in [0.1, 0.15) is 16.9 Å². The highest BCUT2D eigenvalue weighted by atomic mass is 17.1. The van der Waals surface area contributed by atoms with E-state index >= 15 is 0 Å². The maximum absolute atomic E-state index is 10.4. The quantitative estimate of drug-likeness (QED) is 0.505. The predicted molar refractivity (Wildman–Crippen MR) is 71.7 cm³/mol. The molecule has 0 heterocycles. The van der Waals surface area contributed by atoms with Crippen LogP contribution < -0.4 is 4.89 Å². The molecule has 4 N–H and O–H groups in total. The van der Waals surface area contributed by atoms with Gasteiger partial charge < -0.3 is 20.2 Å². The second-order valence-corrected chi connectivity index (χ2v) is 3.71. The number of carboxylic acid groups (broad SMARTS) is 2. The summed E-state index contributed by atoms with van der Waals surface area (Å²) in [5.41, 5.74) is -0.127. The van der Waals surface area contributed by atoms with E-state index in [-0.39, 0.29) is 22.6 Å². The van der Waals surface area contributed by atoms with Gasteiger partial charge in [-0.25, -0.2) is 14.8 Å². The molecule has 0 saturated carbocycles. The van der Waals surface area contributed by atoms with E-state index in [1.807, 2.05) is 0 Å². The van der Waals surface area contributed by atoms with Crippen molar-refractivity contribution >= 4 is 11.9 Å². The van der Waals surface area contributed by atoms with Crippen LogP contribution in [0, 0.1) is 0 Å². The van der Waals surface area contributed by atoms with Crippen molar-refractivity contribution in [1.29, 1.82) is 0 Å². The standard InChI is InChI=1S/C7H6O4.C7H6O3/c8-7(9)5-3-1-2-4-6(5)11-10;8-6-4-2-1-3-5(6)7(9)10/h1-4,10H,(H,8,9);1-4,8H,(H,9,10). The Morgan fingerprint density at radius 3 is 1.67 bits per heavy atom. The lowest BCUT2D eigenvalue weighted by Gasteiger charge is -1.99. The number of phenols is 1. The second-order valence-electron chi connectivity index (χ2n) is 3.71. The zero-order valence-corrected chi connectivity index (χ0v) is 10.6. The smallest absolute Gasteiger partial charge is 0.339 e. The largest absolute Gasteiger partial charge is 0.507 e. The summed E-state index contributed by atoms with van der Waals surface area (Å²) in [6.07, 6.45) is 0. The van der Waals surface area contributed by atoms with Crippen molar-refractivity contribution in [3.05, 3.63) is 59.7 Å². The fourth-order valence-electron chi connectivity index (χ4n) is 1.38. The third kappa shape index (κ3) is 4.51. The first kappa shape index (κ1) is 16.0. The molecule has 110 valence electrons. The zero-order valence-electron chi connectivity index (χ0n) is 10.6. The molecule has 0 saturated heterocycles. The molecule has 0 aliphatic heterocycles. The molecule has 0 amide bonds. The molecule has 21 heavy (non-hydrogen) atoms. The molecule has 0 aliphatic carbocycles. The van der Waals surface area contributed by atoms with Gasteiger partial charge in [0.2, 0.25) is 0 Å². The van der Waals surface area contributed by atoms with Crippen molar-refractivity contribution in [2.24, 2.45) is 0 Å². The molecular formula is C14H12O7. The Kier molecular flexibility index (Phi) is 5.72. The van der Waals surface area contributed by atoms with Gasteiger partial charge in [0.15, 0.2) is 5.75 Å². The van der Waals surface area contributed by atoms with Gasteiger partial charge in [-0.15, -0.1) is 0 Å². The average molecular weight is 292 g/mol. The summed E-state index contributed by atoms with van der Waals surface area (Å²) in [5, 5.41) is 34.0. The zero-order chi connectivity index (χ0) is 15.8. The highest BCUT2D eigenvalue weighted by Crippen LogP contribution is 2.16. The minimum absolute atomic E-state index is 0.0556. The Morgan fingerprint density at radius 1 is 0.810 bits per heavy atom. The maximum atomic E-state index is 10.4. The molecule has 0 spiro atoms. The van der Waals surface area contributed by atoms with Crippen molar-refractivity contribution in [1.82, 2.24) is 0 Å². The minimum atomic E-state index is -1.13. The first-order valence-corrected chi connectivity index (χ1v) is 5.62. The van der Waals surface area contributed by atoms with Crippen LogP contribution in [0.25, 0.3) is 0 Å². The number of aromatic hydroxyl groups is 1. The molecule has 2 rings (SSSR count). The number of hydrogen-bond donors (Lipinski definition) is 4. The summed E-state index contributed by atoms with van der Waals surface area (Å²) < 4.78 is 0. The van der Waals surface area contributed by atoms with E-state index in [2.05, 4.69) is 4.89 Å². The summed E-state index contributed by atoms with van der Waals surface area (Å²) in [7, 11) is 0. The Hall–Kier alpha value is -3.06. The van der Waals surface area contributed by atoms with E-state index in [9.17, 15) is 9.59 Å². The van der Waals surface area contributed by atoms with Crippen LogP contribution in [0.4, 0.5) is 0 Å². The minimum Gasteiger partial charge on any atom is -0.507 e. The van der Waals surface area contributed by atoms with Gasteiger partial charge in [-0.2, -0.15) is 0 Å². The van der Waals surface area contributed by atoms with Gasteiger partial charge >= 0.3 is 11.9 Å². The van der Waals surface area contributed by atoms with Crippen LogP contribution in [0.3, 0.4) is 0 Å². The van der Waals surface area contributed by atoms with E-state index < -0.39 is 11.9 Å². The fourth-order valence-corrected chi connectivity index (χ4v) is 1.38. The summed E-state index contributed by atoms with van der Waals surface area (Å²) in [4.78, 5) is 24.5. The van der Waals surface area contributed by atoms with Crippen molar-refractivity contribution in [3.8, 4) is 11.5 Å². The molecule has 2 aromatic rings. The fraction of sp³-hybridized carbons (Fsp3) is 0. The van der Waals surface area contributed by atoms with E-state index in [0.717, 1.165) is 0 Å². The Bertz CT molecular complexity index is 637. The second kappa shape index (κ2) is 7.51.